The highest BCUT2D eigenvalue weighted by Gasteiger charge is 2.17. The topological polar surface area (TPSA) is 60.2 Å². The predicted molar refractivity (Wildman–Crippen MR) is 78.4 cm³/mol. The Labute approximate surface area is 122 Å². The molecule has 1 atom stereocenters. The predicted octanol–water partition coefficient (Wildman–Crippen LogP) is 2.36. The van der Waals surface area contributed by atoms with Gasteiger partial charge in [0.25, 0.3) is 0 Å². The fourth-order valence-corrected chi connectivity index (χ4v) is 2.16. The molecule has 1 aromatic heterocycles. The van der Waals surface area contributed by atoms with E-state index < -0.39 is 6.10 Å². The summed E-state index contributed by atoms with van der Waals surface area (Å²) in [6, 6.07) is 16.9. The van der Waals surface area contributed by atoms with Crippen LogP contribution in [-0.2, 0) is 0 Å². The molecule has 0 saturated carbocycles. The normalized spacial score (nSPS) is 12.1. The minimum Gasteiger partial charge on any atom is -0.497 e. The summed E-state index contributed by atoms with van der Waals surface area (Å²) >= 11 is 0. The van der Waals surface area contributed by atoms with Gasteiger partial charge in [-0.2, -0.15) is 0 Å². The molecule has 0 aliphatic rings. The molecule has 0 bridgehead atoms. The smallest absolute Gasteiger partial charge is 0.170 e. The molecule has 0 radical (unpaired) electrons. The van der Waals surface area contributed by atoms with E-state index in [0.717, 1.165) is 17.0 Å². The van der Waals surface area contributed by atoms with Crippen molar-refractivity contribution in [1.29, 1.82) is 0 Å². The first-order valence-electron chi connectivity index (χ1n) is 6.57. The van der Waals surface area contributed by atoms with Crippen LogP contribution in [0.25, 0.3) is 5.69 Å². The minimum atomic E-state index is -0.823. The van der Waals surface area contributed by atoms with Crippen molar-refractivity contribution in [3.05, 3.63) is 72.3 Å². The van der Waals surface area contributed by atoms with Gasteiger partial charge in [-0.3, -0.25) is 4.57 Å². The lowest BCUT2D eigenvalue weighted by Crippen LogP contribution is -2.08. The molecule has 0 spiro atoms. The number of benzene rings is 2. The molecule has 2 aromatic carbocycles. The SMILES string of the molecule is COc1ccc(-n2cnnc2[C@@H](O)c2ccccc2)cc1. The second-order valence-electron chi connectivity index (χ2n) is 4.57. The van der Waals surface area contributed by atoms with E-state index in [0.29, 0.717) is 5.82 Å². The molecular formula is C16H15N3O2. The number of ether oxygens (including phenoxy) is 1. The Morgan fingerprint density at radius 2 is 1.76 bits per heavy atom. The molecule has 106 valence electrons. The molecule has 0 fully saturated rings. The number of aromatic nitrogens is 3. The van der Waals surface area contributed by atoms with E-state index in [4.69, 9.17) is 4.74 Å². The van der Waals surface area contributed by atoms with E-state index >= 15 is 0 Å². The van der Waals surface area contributed by atoms with Gasteiger partial charge >= 0.3 is 0 Å². The van der Waals surface area contributed by atoms with Gasteiger partial charge in [0, 0.05) is 5.69 Å². The van der Waals surface area contributed by atoms with Crippen LogP contribution in [-0.4, -0.2) is 27.0 Å². The van der Waals surface area contributed by atoms with E-state index in [2.05, 4.69) is 10.2 Å². The minimum absolute atomic E-state index is 0.478. The van der Waals surface area contributed by atoms with Crippen molar-refractivity contribution in [1.82, 2.24) is 14.8 Å². The molecule has 0 amide bonds. The standard InChI is InChI=1S/C16H15N3O2/c1-21-14-9-7-13(8-10-14)19-11-17-18-16(19)15(20)12-5-3-2-4-6-12/h2-11,15,20H,1H3/t15-/m0/s1. The summed E-state index contributed by atoms with van der Waals surface area (Å²) in [6.45, 7) is 0. The molecular weight excluding hydrogens is 266 g/mol. The first-order valence-corrected chi connectivity index (χ1v) is 6.57. The summed E-state index contributed by atoms with van der Waals surface area (Å²) in [4.78, 5) is 0. The van der Waals surface area contributed by atoms with Crippen LogP contribution in [0.3, 0.4) is 0 Å². The second-order valence-corrected chi connectivity index (χ2v) is 4.57. The summed E-state index contributed by atoms with van der Waals surface area (Å²) in [6.07, 6.45) is 0.763. The van der Waals surface area contributed by atoms with Gasteiger partial charge in [-0.1, -0.05) is 30.3 Å². The number of rotatable bonds is 4. The highest BCUT2D eigenvalue weighted by atomic mass is 16.5. The maximum atomic E-state index is 10.5. The third kappa shape index (κ3) is 2.64. The van der Waals surface area contributed by atoms with Crippen molar-refractivity contribution >= 4 is 0 Å². The summed E-state index contributed by atoms with van der Waals surface area (Å²) in [5.74, 6) is 1.25. The average molecular weight is 281 g/mol. The number of methoxy groups -OCH3 is 1. The highest BCUT2D eigenvalue weighted by Crippen LogP contribution is 2.23. The highest BCUT2D eigenvalue weighted by molar-refractivity contribution is 5.39. The maximum Gasteiger partial charge on any atom is 0.170 e. The fraction of sp³-hybridized carbons (Fsp3) is 0.125. The zero-order valence-corrected chi connectivity index (χ0v) is 11.5. The number of aliphatic hydroxyl groups excluding tert-OH is 1. The summed E-state index contributed by atoms with van der Waals surface area (Å²) in [5.41, 5.74) is 1.64. The van der Waals surface area contributed by atoms with Crippen LogP contribution in [0.5, 0.6) is 5.75 Å². The van der Waals surface area contributed by atoms with E-state index in [1.807, 2.05) is 54.6 Å². The molecule has 1 N–H and O–H groups in total. The van der Waals surface area contributed by atoms with Gasteiger partial charge in [0.05, 0.1) is 7.11 Å². The van der Waals surface area contributed by atoms with Crippen LogP contribution in [0.4, 0.5) is 0 Å². The van der Waals surface area contributed by atoms with Crippen molar-refractivity contribution in [3.8, 4) is 11.4 Å². The van der Waals surface area contributed by atoms with Crippen LogP contribution in [0, 0.1) is 0 Å². The molecule has 0 saturated heterocycles. The van der Waals surface area contributed by atoms with Crippen LogP contribution >= 0.6 is 0 Å². The van der Waals surface area contributed by atoms with Crippen LogP contribution < -0.4 is 4.74 Å². The molecule has 5 heteroatoms. The Kier molecular flexibility index (Phi) is 3.66. The molecule has 21 heavy (non-hydrogen) atoms. The molecule has 0 aliphatic carbocycles. The lowest BCUT2D eigenvalue weighted by atomic mass is 10.1. The first-order chi connectivity index (χ1) is 10.3. The van der Waals surface area contributed by atoms with Crippen molar-refractivity contribution in [2.45, 2.75) is 6.10 Å². The van der Waals surface area contributed by atoms with Gasteiger partial charge in [-0.25, -0.2) is 0 Å². The first kappa shape index (κ1) is 13.3. The number of hydrogen-bond donors (Lipinski definition) is 1. The Morgan fingerprint density at radius 1 is 1.05 bits per heavy atom. The maximum absolute atomic E-state index is 10.5. The van der Waals surface area contributed by atoms with Crippen molar-refractivity contribution < 1.29 is 9.84 Å². The molecule has 1 heterocycles. The lowest BCUT2D eigenvalue weighted by Gasteiger charge is -2.12. The third-order valence-electron chi connectivity index (χ3n) is 3.28. The van der Waals surface area contributed by atoms with Gasteiger partial charge in [0.15, 0.2) is 5.82 Å². The van der Waals surface area contributed by atoms with E-state index in [-0.39, 0.29) is 0 Å². The van der Waals surface area contributed by atoms with Gasteiger partial charge in [0.2, 0.25) is 0 Å². The quantitative estimate of drug-likeness (QED) is 0.797. The summed E-state index contributed by atoms with van der Waals surface area (Å²) in [5, 5.41) is 18.4. The Balaban J connectivity index is 1.96. The van der Waals surface area contributed by atoms with Crippen LogP contribution in [0.2, 0.25) is 0 Å². The van der Waals surface area contributed by atoms with Gasteiger partial charge < -0.3 is 9.84 Å². The molecule has 3 rings (SSSR count). The van der Waals surface area contributed by atoms with Crippen LogP contribution in [0.15, 0.2) is 60.9 Å². The molecule has 0 unspecified atom stereocenters. The Hall–Kier alpha value is -2.66. The molecule has 0 aliphatic heterocycles. The molecule has 5 nitrogen and oxygen atoms in total. The van der Waals surface area contributed by atoms with E-state index in [9.17, 15) is 5.11 Å². The van der Waals surface area contributed by atoms with Gasteiger partial charge in [-0.05, 0) is 29.8 Å². The largest absolute Gasteiger partial charge is 0.497 e. The molecule has 3 aromatic rings. The average Bonchev–Trinajstić information content (AvgIpc) is 3.04. The van der Waals surface area contributed by atoms with Gasteiger partial charge in [0.1, 0.15) is 18.2 Å². The van der Waals surface area contributed by atoms with E-state index in [1.54, 1.807) is 18.0 Å². The Bertz CT molecular complexity index is 708. The monoisotopic (exact) mass is 281 g/mol. The fourth-order valence-electron chi connectivity index (χ4n) is 2.16. The third-order valence-corrected chi connectivity index (χ3v) is 3.28. The lowest BCUT2D eigenvalue weighted by molar-refractivity contribution is 0.207. The van der Waals surface area contributed by atoms with Crippen molar-refractivity contribution in [2.24, 2.45) is 0 Å². The number of hydrogen-bond acceptors (Lipinski definition) is 4. The number of nitrogens with zero attached hydrogens (tertiary/aromatic N) is 3. The zero-order valence-electron chi connectivity index (χ0n) is 11.5. The van der Waals surface area contributed by atoms with Crippen LogP contribution in [0.1, 0.15) is 17.5 Å². The van der Waals surface area contributed by atoms with E-state index in [1.165, 1.54) is 0 Å². The number of aliphatic hydroxyl groups is 1. The summed E-state index contributed by atoms with van der Waals surface area (Å²) < 4.78 is 6.90. The van der Waals surface area contributed by atoms with Crippen molar-refractivity contribution in [3.63, 3.8) is 0 Å². The summed E-state index contributed by atoms with van der Waals surface area (Å²) in [7, 11) is 1.62. The zero-order chi connectivity index (χ0) is 14.7. The van der Waals surface area contributed by atoms with Crippen molar-refractivity contribution in [2.75, 3.05) is 7.11 Å². The second kappa shape index (κ2) is 5.76. The Morgan fingerprint density at radius 3 is 2.43 bits per heavy atom. The van der Waals surface area contributed by atoms with Gasteiger partial charge in [-0.15, -0.1) is 10.2 Å².